The van der Waals surface area contributed by atoms with Crippen molar-refractivity contribution in [2.24, 2.45) is 5.41 Å². The zero-order valence-corrected chi connectivity index (χ0v) is 10.6. The molecule has 1 rings (SSSR count). The van der Waals surface area contributed by atoms with E-state index < -0.39 is 17.9 Å². The Balaban J connectivity index is 2.84. The Hall–Kier alpha value is -2.05. The van der Waals surface area contributed by atoms with Crippen molar-refractivity contribution in [2.75, 3.05) is 6.61 Å². The number of nitrogens with zero attached hydrogens (tertiary/aromatic N) is 1. The molecule has 0 spiro atoms. The molecule has 0 radical (unpaired) electrons. The number of ether oxygens (including phenoxy) is 1. The van der Waals surface area contributed by atoms with Crippen molar-refractivity contribution in [3.05, 3.63) is 29.0 Å². The smallest absolute Gasteiger partial charge is 0.438 e. The Kier molecular flexibility index (Phi) is 4.30. The van der Waals surface area contributed by atoms with Crippen LogP contribution in [0.2, 0.25) is 0 Å². The second-order valence-electron chi connectivity index (χ2n) is 4.81. The lowest BCUT2D eigenvalue weighted by Crippen LogP contribution is -2.37. The number of hydrogen-bond donors (Lipinski definition) is 2. The molecule has 1 aromatic rings. The van der Waals surface area contributed by atoms with Crippen LogP contribution in [0, 0.1) is 5.41 Å². The van der Waals surface area contributed by atoms with Gasteiger partial charge in [0.2, 0.25) is 0 Å². The molecule has 1 unspecified atom stereocenters. The maximum Gasteiger partial charge on any atom is 0.438 e. The highest BCUT2D eigenvalue weighted by Crippen LogP contribution is 2.30. The van der Waals surface area contributed by atoms with Crippen molar-refractivity contribution in [1.82, 2.24) is 15.5 Å². The molecule has 0 aliphatic rings. The Morgan fingerprint density at radius 1 is 1.67 bits per heavy atom. The van der Waals surface area contributed by atoms with Crippen molar-refractivity contribution in [1.29, 1.82) is 0 Å². The van der Waals surface area contributed by atoms with Crippen molar-refractivity contribution in [2.45, 2.75) is 26.8 Å². The van der Waals surface area contributed by atoms with Crippen LogP contribution in [0.25, 0.3) is 0 Å². The minimum atomic E-state index is -0.666. The van der Waals surface area contributed by atoms with Crippen molar-refractivity contribution in [3.63, 3.8) is 0 Å². The van der Waals surface area contributed by atoms with E-state index in [2.05, 4.69) is 26.6 Å². The summed E-state index contributed by atoms with van der Waals surface area (Å²) in [6.45, 7) is 9.21. The fourth-order valence-electron chi connectivity index (χ4n) is 1.35. The van der Waals surface area contributed by atoms with Gasteiger partial charge in [-0.05, 0) is 5.41 Å². The molecule has 1 aromatic heterocycles. The first-order valence-corrected chi connectivity index (χ1v) is 5.44. The quantitative estimate of drug-likeness (QED) is 0.792. The summed E-state index contributed by atoms with van der Waals surface area (Å²) < 4.78 is 9.26. The van der Waals surface area contributed by atoms with Crippen LogP contribution < -0.4 is 11.1 Å². The molecular formula is C11H17N3O4. The number of aromatic nitrogens is 2. The second kappa shape index (κ2) is 5.52. The summed E-state index contributed by atoms with van der Waals surface area (Å²) >= 11 is 0. The van der Waals surface area contributed by atoms with Crippen molar-refractivity contribution < 1.29 is 14.1 Å². The third-order valence-corrected chi connectivity index (χ3v) is 2.19. The first-order chi connectivity index (χ1) is 8.34. The van der Waals surface area contributed by atoms with E-state index in [4.69, 9.17) is 4.74 Å². The van der Waals surface area contributed by atoms with Gasteiger partial charge in [0.05, 0.1) is 6.04 Å². The topological polar surface area (TPSA) is 97.2 Å². The standard InChI is InChI=1S/C11H17N3O4/c1-5-6-17-9(15)12-7(11(2,3)4)8-13-10(16)18-14-8/h5,7H,1,6H2,2-4H3,(H,12,15)(H,13,14,16). The van der Waals surface area contributed by atoms with Gasteiger partial charge in [-0.25, -0.2) is 9.59 Å². The Labute approximate surface area is 104 Å². The molecule has 0 aliphatic carbocycles. The number of hydrogen-bond acceptors (Lipinski definition) is 5. The van der Waals surface area contributed by atoms with E-state index in [-0.39, 0.29) is 17.8 Å². The lowest BCUT2D eigenvalue weighted by Gasteiger charge is -2.28. The van der Waals surface area contributed by atoms with E-state index in [1.54, 1.807) is 0 Å². The first kappa shape index (κ1) is 14.0. The Morgan fingerprint density at radius 3 is 2.78 bits per heavy atom. The number of carbonyl (C=O) groups is 1. The summed E-state index contributed by atoms with van der Waals surface area (Å²) in [7, 11) is 0. The number of H-pyrrole nitrogens is 1. The van der Waals surface area contributed by atoms with E-state index >= 15 is 0 Å². The molecule has 1 amide bonds. The number of amides is 1. The van der Waals surface area contributed by atoms with Crippen LogP contribution in [0.4, 0.5) is 4.79 Å². The van der Waals surface area contributed by atoms with Crippen molar-refractivity contribution in [3.8, 4) is 0 Å². The number of alkyl carbamates (subject to hydrolysis) is 1. The van der Waals surface area contributed by atoms with Gasteiger partial charge >= 0.3 is 11.8 Å². The van der Waals surface area contributed by atoms with Crippen LogP contribution in [-0.2, 0) is 4.74 Å². The number of aromatic amines is 1. The summed E-state index contributed by atoms with van der Waals surface area (Å²) in [5.41, 5.74) is -0.368. The molecule has 100 valence electrons. The first-order valence-electron chi connectivity index (χ1n) is 5.44. The van der Waals surface area contributed by atoms with Gasteiger partial charge in [-0.3, -0.25) is 9.51 Å². The van der Waals surface area contributed by atoms with Crippen LogP contribution in [0.15, 0.2) is 22.0 Å². The van der Waals surface area contributed by atoms with Crippen LogP contribution in [0.3, 0.4) is 0 Å². The highest BCUT2D eigenvalue weighted by atomic mass is 16.5. The predicted molar refractivity (Wildman–Crippen MR) is 64.0 cm³/mol. The van der Waals surface area contributed by atoms with Gasteiger partial charge in [0.15, 0.2) is 5.82 Å². The number of carbonyl (C=O) groups excluding carboxylic acids is 1. The van der Waals surface area contributed by atoms with E-state index in [1.807, 2.05) is 20.8 Å². The van der Waals surface area contributed by atoms with Crippen LogP contribution in [-0.4, -0.2) is 22.8 Å². The lowest BCUT2D eigenvalue weighted by atomic mass is 9.86. The summed E-state index contributed by atoms with van der Waals surface area (Å²) in [6, 6.07) is -0.527. The Bertz CT molecular complexity index is 469. The molecular weight excluding hydrogens is 238 g/mol. The van der Waals surface area contributed by atoms with Gasteiger partial charge in [-0.2, -0.15) is 0 Å². The molecule has 7 heteroatoms. The fraction of sp³-hybridized carbons (Fsp3) is 0.545. The number of rotatable bonds is 4. The van der Waals surface area contributed by atoms with Crippen molar-refractivity contribution >= 4 is 6.09 Å². The normalized spacial score (nSPS) is 12.8. The van der Waals surface area contributed by atoms with Gasteiger partial charge in [-0.15, -0.1) is 0 Å². The average molecular weight is 255 g/mol. The molecule has 0 aromatic carbocycles. The molecule has 1 atom stereocenters. The average Bonchev–Trinajstić information content (AvgIpc) is 2.68. The van der Waals surface area contributed by atoms with E-state index in [1.165, 1.54) is 6.08 Å². The summed E-state index contributed by atoms with van der Waals surface area (Å²) in [5.74, 6) is -0.413. The zero-order valence-electron chi connectivity index (χ0n) is 10.6. The summed E-state index contributed by atoms with van der Waals surface area (Å²) in [6.07, 6.45) is 0.850. The largest absolute Gasteiger partial charge is 0.445 e. The third-order valence-electron chi connectivity index (χ3n) is 2.19. The predicted octanol–water partition coefficient (Wildman–Crippen LogP) is 1.36. The molecule has 7 nitrogen and oxygen atoms in total. The number of nitrogens with one attached hydrogen (secondary N) is 2. The summed E-state index contributed by atoms with van der Waals surface area (Å²) in [5, 5.41) is 6.20. The van der Waals surface area contributed by atoms with Crippen LogP contribution >= 0.6 is 0 Å². The highest BCUT2D eigenvalue weighted by molar-refractivity contribution is 5.67. The lowest BCUT2D eigenvalue weighted by molar-refractivity contribution is 0.140. The van der Waals surface area contributed by atoms with Gasteiger partial charge in [0, 0.05) is 0 Å². The molecule has 0 saturated heterocycles. The maximum absolute atomic E-state index is 11.5. The molecule has 0 bridgehead atoms. The maximum atomic E-state index is 11.5. The van der Waals surface area contributed by atoms with E-state index in [0.717, 1.165) is 0 Å². The van der Waals surface area contributed by atoms with E-state index in [9.17, 15) is 9.59 Å². The van der Waals surface area contributed by atoms with Crippen LogP contribution in [0.5, 0.6) is 0 Å². The second-order valence-corrected chi connectivity index (χ2v) is 4.81. The summed E-state index contributed by atoms with van der Waals surface area (Å²) in [4.78, 5) is 24.9. The molecule has 18 heavy (non-hydrogen) atoms. The van der Waals surface area contributed by atoms with E-state index in [0.29, 0.717) is 0 Å². The fourth-order valence-corrected chi connectivity index (χ4v) is 1.35. The minimum absolute atomic E-state index is 0.109. The zero-order chi connectivity index (χ0) is 13.8. The molecule has 0 saturated carbocycles. The Morgan fingerprint density at radius 2 is 2.33 bits per heavy atom. The van der Waals surface area contributed by atoms with Gasteiger partial charge in [0.25, 0.3) is 0 Å². The third kappa shape index (κ3) is 3.76. The monoisotopic (exact) mass is 255 g/mol. The molecule has 2 N–H and O–H groups in total. The van der Waals surface area contributed by atoms with Crippen LogP contribution in [0.1, 0.15) is 32.6 Å². The molecule has 1 heterocycles. The molecule has 0 fully saturated rings. The van der Waals surface area contributed by atoms with Gasteiger partial charge in [0.1, 0.15) is 6.61 Å². The SMILES string of the molecule is C=CCOC(=O)NC(c1noc(=O)[nH]1)C(C)(C)C. The molecule has 0 aliphatic heterocycles. The van der Waals surface area contributed by atoms with Gasteiger partial charge < -0.3 is 10.1 Å². The minimum Gasteiger partial charge on any atom is -0.445 e. The highest BCUT2D eigenvalue weighted by Gasteiger charge is 2.31. The van der Waals surface area contributed by atoms with Gasteiger partial charge in [-0.1, -0.05) is 38.6 Å².